The lowest BCUT2D eigenvalue weighted by molar-refractivity contribution is -0.138. The number of carboxylic acids is 1. The van der Waals surface area contributed by atoms with E-state index in [2.05, 4.69) is 9.36 Å². The molecule has 0 aromatic carbocycles. The second kappa shape index (κ2) is 5.07. The maximum atomic E-state index is 11.5. The van der Waals surface area contributed by atoms with Crippen molar-refractivity contribution >= 4 is 22.6 Å². The number of aliphatic carboxylic acids is 1. The molecule has 3 rings (SSSR count). The van der Waals surface area contributed by atoms with E-state index in [0.29, 0.717) is 12.0 Å². The molecule has 19 heavy (non-hydrogen) atoms. The average molecular weight is 281 g/mol. The Balaban J connectivity index is 1.91. The number of aryl methyl sites for hydroxylation is 1. The number of rotatable bonds is 3. The highest BCUT2D eigenvalue weighted by Crippen LogP contribution is 2.42. The van der Waals surface area contributed by atoms with E-state index >= 15 is 0 Å². The van der Waals surface area contributed by atoms with Crippen LogP contribution in [0.3, 0.4) is 0 Å². The molecule has 1 aromatic heterocycles. The van der Waals surface area contributed by atoms with Gasteiger partial charge < -0.3 is 10.0 Å². The molecule has 0 spiro atoms. The van der Waals surface area contributed by atoms with Crippen molar-refractivity contribution in [2.24, 2.45) is 5.92 Å². The summed E-state index contributed by atoms with van der Waals surface area (Å²) in [4.78, 5) is 18.1. The molecule has 1 saturated carbocycles. The van der Waals surface area contributed by atoms with E-state index in [1.54, 1.807) is 0 Å². The lowest BCUT2D eigenvalue weighted by Crippen LogP contribution is -2.42. The van der Waals surface area contributed by atoms with Crippen molar-refractivity contribution in [3.63, 3.8) is 0 Å². The molecule has 104 valence electrons. The van der Waals surface area contributed by atoms with E-state index in [-0.39, 0.29) is 0 Å². The standard InChI is InChI=1S/C13H19N3O2S/c1-2-11-14-13(19-15-11)16-9-6-4-3-5-8(9)7-10(16)12(17)18/h8-10H,2-7H2,1H3,(H,17,18). The molecule has 2 aliphatic rings. The highest BCUT2D eigenvalue weighted by Gasteiger charge is 2.46. The molecular formula is C13H19N3O2S. The predicted octanol–water partition coefficient (Wildman–Crippen LogP) is 2.32. The van der Waals surface area contributed by atoms with Gasteiger partial charge in [-0.15, -0.1) is 0 Å². The van der Waals surface area contributed by atoms with E-state index < -0.39 is 12.0 Å². The monoisotopic (exact) mass is 281 g/mol. The van der Waals surface area contributed by atoms with E-state index in [9.17, 15) is 9.90 Å². The zero-order valence-electron chi connectivity index (χ0n) is 11.1. The Bertz CT molecular complexity index is 476. The number of anilines is 1. The number of fused-ring (bicyclic) bond motifs is 1. The topological polar surface area (TPSA) is 66.3 Å². The van der Waals surface area contributed by atoms with Crippen LogP contribution in [0.1, 0.15) is 44.9 Å². The number of nitrogens with zero attached hydrogens (tertiary/aromatic N) is 3. The Morgan fingerprint density at radius 3 is 2.95 bits per heavy atom. The highest BCUT2D eigenvalue weighted by molar-refractivity contribution is 7.09. The second-order valence-electron chi connectivity index (χ2n) is 5.46. The quantitative estimate of drug-likeness (QED) is 0.921. The summed E-state index contributed by atoms with van der Waals surface area (Å²) in [7, 11) is 0. The molecule has 1 aliphatic heterocycles. The molecule has 1 aromatic rings. The van der Waals surface area contributed by atoms with Gasteiger partial charge >= 0.3 is 5.97 Å². The van der Waals surface area contributed by atoms with Gasteiger partial charge in [0.2, 0.25) is 5.13 Å². The van der Waals surface area contributed by atoms with Gasteiger partial charge in [-0.25, -0.2) is 9.78 Å². The minimum atomic E-state index is -0.720. The lowest BCUT2D eigenvalue weighted by Gasteiger charge is -2.32. The van der Waals surface area contributed by atoms with E-state index in [1.807, 2.05) is 11.8 Å². The molecule has 0 bridgehead atoms. The van der Waals surface area contributed by atoms with Gasteiger partial charge in [-0.3, -0.25) is 0 Å². The van der Waals surface area contributed by atoms with E-state index in [1.165, 1.54) is 24.4 Å². The van der Waals surface area contributed by atoms with E-state index in [0.717, 1.165) is 36.6 Å². The molecule has 6 heteroatoms. The number of carbonyl (C=O) groups is 1. The summed E-state index contributed by atoms with van der Waals surface area (Å²) in [6.07, 6.45) is 6.25. The maximum Gasteiger partial charge on any atom is 0.326 e. The molecule has 2 heterocycles. The summed E-state index contributed by atoms with van der Waals surface area (Å²) in [5, 5.41) is 10.3. The fourth-order valence-electron chi connectivity index (χ4n) is 3.45. The van der Waals surface area contributed by atoms with Crippen molar-refractivity contribution in [3.05, 3.63) is 5.82 Å². The Labute approximate surface area is 116 Å². The van der Waals surface area contributed by atoms with Gasteiger partial charge in [0.1, 0.15) is 11.9 Å². The van der Waals surface area contributed by atoms with Crippen LogP contribution in [0.4, 0.5) is 5.13 Å². The fraction of sp³-hybridized carbons (Fsp3) is 0.769. The van der Waals surface area contributed by atoms with Crippen LogP contribution in [0.5, 0.6) is 0 Å². The SMILES string of the molecule is CCc1nsc(N2C(C(=O)O)CC3CCCCC32)n1. The fourth-order valence-corrected chi connectivity index (χ4v) is 4.31. The van der Waals surface area contributed by atoms with Gasteiger partial charge in [0.15, 0.2) is 0 Å². The van der Waals surface area contributed by atoms with Crippen LogP contribution in [0.25, 0.3) is 0 Å². The van der Waals surface area contributed by atoms with Crippen molar-refractivity contribution in [3.8, 4) is 0 Å². The molecule has 3 atom stereocenters. The minimum Gasteiger partial charge on any atom is -0.480 e. The van der Waals surface area contributed by atoms with Gasteiger partial charge in [-0.05, 0) is 25.2 Å². The van der Waals surface area contributed by atoms with Crippen LogP contribution in [0.15, 0.2) is 0 Å². The number of carboxylic acid groups (broad SMARTS) is 1. The normalized spacial score (nSPS) is 30.4. The average Bonchev–Trinajstić information content (AvgIpc) is 3.02. The molecule has 3 unspecified atom stereocenters. The van der Waals surface area contributed by atoms with Crippen molar-refractivity contribution in [1.82, 2.24) is 9.36 Å². The Morgan fingerprint density at radius 2 is 2.26 bits per heavy atom. The van der Waals surface area contributed by atoms with Crippen molar-refractivity contribution in [1.29, 1.82) is 0 Å². The molecule has 0 radical (unpaired) electrons. The first-order valence-corrected chi connectivity index (χ1v) is 7.81. The zero-order valence-corrected chi connectivity index (χ0v) is 11.9. The second-order valence-corrected chi connectivity index (χ2v) is 6.19. The Morgan fingerprint density at radius 1 is 1.47 bits per heavy atom. The van der Waals surface area contributed by atoms with Crippen LogP contribution in [0.2, 0.25) is 0 Å². The Hall–Kier alpha value is -1.17. The summed E-state index contributed by atoms with van der Waals surface area (Å²) < 4.78 is 4.31. The first-order chi connectivity index (χ1) is 9.20. The van der Waals surface area contributed by atoms with E-state index in [4.69, 9.17) is 0 Å². The third-order valence-electron chi connectivity index (χ3n) is 4.37. The third kappa shape index (κ3) is 2.22. The van der Waals surface area contributed by atoms with Gasteiger partial charge in [0.25, 0.3) is 0 Å². The summed E-state index contributed by atoms with van der Waals surface area (Å²) in [5.74, 6) is 0.620. The van der Waals surface area contributed by atoms with Gasteiger partial charge in [-0.2, -0.15) is 4.37 Å². The predicted molar refractivity (Wildman–Crippen MR) is 73.6 cm³/mol. The summed E-state index contributed by atoms with van der Waals surface area (Å²) in [6, 6.07) is -0.0572. The summed E-state index contributed by atoms with van der Waals surface area (Å²) >= 11 is 1.35. The van der Waals surface area contributed by atoms with Crippen LogP contribution in [0, 0.1) is 5.92 Å². The van der Waals surface area contributed by atoms with Crippen molar-refractivity contribution < 1.29 is 9.90 Å². The van der Waals surface area contributed by atoms with Crippen molar-refractivity contribution in [2.45, 2.75) is 57.5 Å². The van der Waals surface area contributed by atoms with Crippen LogP contribution in [-0.2, 0) is 11.2 Å². The molecule has 0 amide bonds. The number of hydrogen-bond donors (Lipinski definition) is 1. The lowest BCUT2D eigenvalue weighted by atomic mass is 9.85. The largest absolute Gasteiger partial charge is 0.480 e. The van der Waals surface area contributed by atoms with Crippen molar-refractivity contribution in [2.75, 3.05) is 4.90 Å². The van der Waals surface area contributed by atoms with Crippen LogP contribution >= 0.6 is 11.5 Å². The van der Waals surface area contributed by atoms with Gasteiger partial charge in [-0.1, -0.05) is 19.8 Å². The molecule has 1 saturated heterocycles. The first-order valence-electron chi connectivity index (χ1n) is 7.04. The van der Waals surface area contributed by atoms with Gasteiger partial charge in [0, 0.05) is 24.0 Å². The first kappa shape index (κ1) is 12.8. The maximum absolute atomic E-state index is 11.5. The van der Waals surface area contributed by atoms with Gasteiger partial charge in [0.05, 0.1) is 0 Å². The number of aromatic nitrogens is 2. The third-order valence-corrected chi connectivity index (χ3v) is 5.14. The molecule has 2 fully saturated rings. The molecule has 1 aliphatic carbocycles. The van der Waals surface area contributed by atoms with Crippen LogP contribution < -0.4 is 4.90 Å². The molecular weight excluding hydrogens is 262 g/mol. The number of hydrogen-bond acceptors (Lipinski definition) is 5. The summed E-state index contributed by atoms with van der Waals surface area (Å²) in [6.45, 7) is 2.02. The smallest absolute Gasteiger partial charge is 0.326 e. The summed E-state index contributed by atoms with van der Waals surface area (Å²) in [5.41, 5.74) is 0. The molecule has 1 N–H and O–H groups in total. The zero-order chi connectivity index (χ0) is 13.4. The van der Waals surface area contributed by atoms with Crippen LogP contribution in [-0.4, -0.2) is 32.5 Å². The highest BCUT2D eigenvalue weighted by atomic mass is 32.1. The minimum absolute atomic E-state index is 0.354. The molecule has 5 nitrogen and oxygen atoms in total. The Kier molecular flexibility index (Phi) is 3.43.